The van der Waals surface area contributed by atoms with Crippen molar-refractivity contribution in [1.29, 1.82) is 0 Å². The molecule has 7 nitrogen and oxygen atoms in total. The number of nitrogens with zero attached hydrogens (tertiary/aromatic N) is 2. The molecule has 0 bridgehead atoms. The SMILES string of the molecule is COCCNCCNC(=O)c1cnc2n(c1=O)CCS2. The maximum Gasteiger partial charge on any atom is 0.267 e. The average molecular weight is 298 g/mol. The minimum atomic E-state index is -0.372. The van der Waals surface area contributed by atoms with Crippen LogP contribution in [0, 0.1) is 0 Å². The molecule has 1 aliphatic rings. The lowest BCUT2D eigenvalue weighted by Crippen LogP contribution is -2.37. The largest absolute Gasteiger partial charge is 0.383 e. The highest BCUT2D eigenvalue weighted by Crippen LogP contribution is 2.20. The zero-order valence-electron chi connectivity index (χ0n) is 11.3. The normalized spacial score (nSPS) is 13.2. The summed E-state index contributed by atoms with van der Waals surface area (Å²) in [5.74, 6) is 0.458. The van der Waals surface area contributed by atoms with Crippen molar-refractivity contribution in [3.63, 3.8) is 0 Å². The molecule has 0 fully saturated rings. The number of ether oxygens (including phenoxy) is 1. The second kappa shape index (κ2) is 7.41. The molecule has 0 unspecified atom stereocenters. The molecule has 0 saturated carbocycles. The van der Waals surface area contributed by atoms with E-state index in [1.165, 1.54) is 18.0 Å². The Morgan fingerprint density at radius 2 is 2.35 bits per heavy atom. The monoisotopic (exact) mass is 298 g/mol. The lowest BCUT2D eigenvalue weighted by molar-refractivity contribution is 0.0950. The number of hydrogen-bond acceptors (Lipinski definition) is 6. The third kappa shape index (κ3) is 3.59. The number of thioether (sulfide) groups is 1. The van der Waals surface area contributed by atoms with Gasteiger partial charge in [-0.1, -0.05) is 11.8 Å². The van der Waals surface area contributed by atoms with Crippen molar-refractivity contribution >= 4 is 17.7 Å². The Bertz CT molecular complexity index is 532. The second-order valence-corrected chi connectivity index (χ2v) is 5.32. The minimum absolute atomic E-state index is 0.105. The first-order valence-corrected chi connectivity index (χ1v) is 7.43. The molecule has 0 radical (unpaired) electrons. The number of carbonyl (C=O) groups is 1. The zero-order chi connectivity index (χ0) is 14.4. The van der Waals surface area contributed by atoms with Crippen molar-refractivity contribution in [1.82, 2.24) is 20.2 Å². The summed E-state index contributed by atoms with van der Waals surface area (Å²) in [7, 11) is 1.63. The van der Waals surface area contributed by atoms with Crippen LogP contribution in [0.1, 0.15) is 10.4 Å². The van der Waals surface area contributed by atoms with Crippen LogP contribution < -0.4 is 16.2 Å². The Balaban J connectivity index is 1.86. The van der Waals surface area contributed by atoms with Gasteiger partial charge < -0.3 is 15.4 Å². The molecule has 2 rings (SSSR count). The minimum Gasteiger partial charge on any atom is -0.383 e. The number of hydrogen-bond donors (Lipinski definition) is 2. The topological polar surface area (TPSA) is 85.2 Å². The summed E-state index contributed by atoms with van der Waals surface area (Å²) in [5.41, 5.74) is -0.155. The summed E-state index contributed by atoms with van der Waals surface area (Å²) >= 11 is 1.53. The number of amides is 1. The van der Waals surface area contributed by atoms with Gasteiger partial charge in [-0.25, -0.2) is 4.98 Å². The Morgan fingerprint density at radius 1 is 1.50 bits per heavy atom. The standard InChI is InChI=1S/C12H18N4O3S/c1-19-6-4-13-2-3-14-10(17)9-8-15-12-16(11(9)18)5-7-20-12/h8,13H,2-7H2,1H3,(H,14,17). The fourth-order valence-electron chi connectivity index (χ4n) is 1.83. The Kier molecular flexibility index (Phi) is 5.57. The fraction of sp³-hybridized carbons (Fsp3) is 0.583. The quantitative estimate of drug-likeness (QED) is 0.512. The summed E-state index contributed by atoms with van der Waals surface area (Å²) in [6, 6.07) is 0. The van der Waals surface area contributed by atoms with Gasteiger partial charge in [-0.3, -0.25) is 14.2 Å². The van der Waals surface area contributed by atoms with Gasteiger partial charge in [0.15, 0.2) is 5.16 Å². The molecular formula is C12H18N4O3S. The van der Waals surface area contributed by atoms with Gasteiger partial charge in [0.05, 0.1) is 6.61 Å². The zero-order valence-corrected chi connectivity index (χ0v) is 12.2. The molecule has 1 amide bonds. The van der Waals surface area contributed by atoms with Crippen LogP contribution in [-0.4, -0.2) is 54.6 Å². The highest BCUT2D eigenvalue weighted by atomic mass is 32.2. The van der Waals surface area contributed by atoms with Crippen molar-refractivity contribution in [3.8, 4) is 0 Å². The van der Waals surface area contributed by atoms with Gasteiger partial charge in [0, 0.05) is 45.2 Å². The fourth-order valence-corrected chi connectivity index (χ4v) is 2.75. The highest BCUT2D eigenvalue weighted by molar-refractivity contribution is 7.99. The molecule has 0 aromatic carbocycles. The van der Waals surface area contributed by atoms with Gasteiger partial charge in [-0.05, 0) is 0 Å². The van der Waals surface area contributed by atoms with E-state index in [1.807, 2.05) is 0 Å². The predicted molar refractivity (Wildman–Crippen MR) is 76.3 cm³/mol. The number of nitrogens with one attached hydrogen (secondary N) is 2. The van der Waals surface area contributed by atoms with Crippen molar-refractivity contribution in [2.24, 2.45) is 0 Å². The number of carbonyl (C=O) groups excluding carboxylic acids is 1. The Hall–Kier alpha value is -1.38. The molecule has 1 aromatic rings. The van der Waals surface area contributed by atoms with E-state index in [0.29, 0.717) is 31.4 Å². The van der Waals surface area contributed by atoms with Crippen LogP contribution in [0.2, 0.25) is 0 Å². The smallest absolute Gasteiger partial charge is 0.267 e. The number of fused-ring (bicyclic) bond motifs is 1. The molecule has 2 N–H and O–H groups in total. The van der Waals surface area contributed by atoms with Gasteiger partial charge >= 0.3 is 0 Å². The van der Waals surface area contributed by atoms with Crippen molar-refractivity contribution < 1.29 is 9.53 Å². The van der Waals surface area contributed by atoms with Gasteiger partial charge in [0.2, 0.25) is 0 Å². The van der Waals surface area contributed by atoms with Crippen LogP contribution in [0.5, 0.6) is 0 Å². The van der Waals surface area contributed by atoms with E-state index in [1.54, 1.807) is 11.7 Å². The van der Waals surface area contributed by atoms with Gasteiger partial charge in [0.1, 0.15) is 5.56 Å². The molecule has 1 aromatic heterocycles. The Labute approximate surface area is 121 Å². The molecule has 0 atom stereocenters. The van der Waals surface area contributed by atoms with E-state index >= 15 is 0 Å². The second-order valence-electron chi connectivity index (χ2n) is 4.26. The van der Waals surface area contributed by atoms with E-state index in [2.05, 4.69) is 15.6 Å². The lowest BCUT2D eigenvalue weighted by Gasteiger charge is -2.07. The van der Waals surface area contributed by atoms with Crippen LogP contribution in [0.3, 0.4) is 0 Å². The van der Waals surface area contributed by atoms with Crippen LogP contribution in [0.4, 0.5) is 0 Å². The molecule has 8 heteroatoms. The van der Waals surface area contributed by atoms with E-state index < -0.39 is 0 Å². The lowest BCUT2D eigenvalue weighted by atomic mass is 10.3. The van der Waals surface area contributed by atoms with Crippen molar-refractivity contribution in [2.75, 3.05) is 39.1 Å². The van der Waals surface area contributed by atoms with Crippen molar-refractivity contribution in [2.45, 2.75) is 11.7 Å². The molecule has 110 valence electrons. The molecule has 0 aliphatic carbocycles. The van der Waals surface area contributed by atoms with E-state index in [0.717, 1.165) is 12.3 Å². The molecule has 0 spiro atoms. The van der Waals surface area contributed by atoms with E-state index in [4.69, 9.17) is 4.74 Å². The molecule has 2 heterocycles. The van der Waals surface area contributed by atoms with Crippen molar-refractivity contribution in [3.05, 3.63) is 22.1 Å². The summed E-state index contributed by atoms with van der Waals surface area (Å²) in [4.78, 5) is 28.2. The maximum absolute atomic E-state index is 12.1. The van der Waals surface area contributed by atoms with E-state index in [9.17, 15) is 9.59 Å². The summed E-state index contributed by atoms with van der Waals surface area (Å²) < 4.78 is 6.45. The third-order valence-corrected chi connectivity index (χ3v) is 3.84. The Morgan fingerprint density at radius 3 is 3.15 bits per heavy atom. The molecule has 0 saturated heterocycles. The van der Waals surface area contributed by atoms with Crippen LogP contribution in [0.15, 0.2) is 16.1 Å². The molecular weight excluding hydrogens is 280 g/mol. The highest BCUT2D eigenvalue weighted by Gasteiger charge is 2.19. The first kappa shape index (κ1) is 15.0. The van der Waals surface area contributed by atoms with Gasteiger partial charge in [-0.15, -0.1) is 0 Å². The van der Waals surface area contributed by atoms with Crippen LogP contribution in [-0.2, 0) is 11.3 Å². The first-order valence-electron chi connectivity index (χ1n) is 6.44. The first-order chi connectivity index (χ1) is 9.74. The van der Waals surface area contributed by atoms with Crippen LogP contribution in [0.25, 0.3) is 0 Å². The van der Waals surface area contributed by atoms with Gasteiger partial charge in [0.25, 0.3) is 11.5 Å². The third-order valence-electron chi connectivity index (χ3n) is 2.87. The summed E-state index contributed by atoms with van der Waals surface area (Å²) in [6.07, 6.45) is 1.36. The number of aromatic nitrogens is 2. The molecule has 20 heavy (non-hydrogen) atoms. The van der Waals surface area contributed by atoms with E-state index in [-0.39, 0.29) is 17.0 Å². The molecule has 1 aliphatic heterocycles. The predicted octanol–water partition coefficient (Wildman–Crippen LogP) is -0.685. The summed E-state index contributed by atoms with van der Waals surface area (Å²) in [6.45, 7) is 3.06. The number of rotatable bonds is 7. The number of methoxy groups -OCH3 is 1. The van der Waals surface area contributed by atoms with Gasteiger partial charge in [-0.2, -0.15) is 0 Å². The van der Waals surface area contributed by atoms with Crippen LogP contribution >= 0.6 is 11.8 Å². The summed E-state index contributed by atoms with van der Waals surface area (Å²) in [5, 5.41) is 6.50. The average Bonchev–Trinajstić information content (AvgIpc) is 2.92. The maximum atomic E-state index is 12.1.